The van der Waals surface area contributed by atoms with Gasteiger partial charge in [0.25, 0.3) is 0 Å². The lowest BCUT2D eigenvalue weighted by atomic mass is 10.0. The Morgan fingerprint density at radius 3 is 2.62 bits per heavy atom. The molecule has 0 fully saturated rings. The highest BCUT2D eigenvalue weighted by Gasteiger charge is 2.26. The minimum absolute atomic E-state index is 0.641. The third kappa shape index (κ3) is 1.16. The summed E-state index contributed by atoms with van der Waals surface area (Å²) >= 11 is 0. The highest BCUT2D eigenvalue weighted by atomic mass is 19.1. The molecule has 1 aromatic heterocycles. The molecule has 0 amide bonds. The molecule has 2 rings (SSSR count). The molecule has 1 nitrogen and oxygen atoms in total. The summed E-state index contributed by atoms with van der Waals surface area (Å²) in [6.45, 7) is 5.90. The van der Waals surface area contributed by atoms with E-state index >= 15 is 0 Å². The van der Waals surface area contributed by atoms with Crippen LogP contribution >= 0.6 is 0 Å². The smallest absolute Gasteiger partial charge is 0.126 e. The molecule has 1 atom stereocenters. The van der Waals surface area contributed by atoms with Crippen LogP contribution in [0.1, 0.15) is 40.7 Å². The molecule has 0 spiro atoms. The van der Waals surface area contributed by atoms with Crippen LogP contribution in [0, 0.1) is 20.8 Å². The number of fused-ring (bicyclic) bond motifs is 1. The highest BCUT2D eigenvalue weighted by molar-refractivity contribution is 5.43. The van der Waals surface area contributed by atoms with E-state index in [9.17, 15) is 4.39 Å². The number of hydrogen-bond acceptors (Lipinski definition) is 1. The summed E-state index contributed by atoms with van der Waals surface area (Å²) in [5.74, 6) is 0. The summed E-state index contributed by atoms with van der Waals surface area (Å²) in [5, 5.41) is 0. The molecule has 1 aromatic rings. The zero-order valence-electron chi connectivity index (χ0n) is 8.32. The van der Waals surface area contributed by atoms with Gasteiger partial charge in [-0.15, -0.1) is 0 Å². The van der Waals surface area contributed by atoms with E-state index in [-0.39, 0.29) is 0 Å². The van der Waals surface area contributed by atoms with Crippen LogP contribution < -0.4 is 0 Å². The summed E-state index contributed by atoms with van der Waals surface area (Å²) in [6, 6.07) is 0. The van der Waals surface area contributed by atoms with Crippen molar-refractivity contribution in [3.63, 3.8) is 0 Å². The van der Waals surface area contributed by atoms with E-state index in [1.165, 1.54) is 0 Å². The van der Waals surface area contributed by atoms with E-state index in [0.717, 1.165) is 34.5 Å². The molecule has 0 bridgehead atoms. The Hall–Kier alpha value is -0.920. The van der Waals surface area contributed by atoms with Gasteiger partial charge in [-0.3, -0.25) is 4.98 Å². The number of pyridine rings is 1. The molecule has 0 saturated carbocycles. The quantitative estimate of drug-likeness (QED) is 0.596. The molecular weight excluding hydrogens is 165 g/mol. The van der Waals surface area contributed by atoms with Gasteiger partial charge in [-0.05, 0) is 50.3 Å². The number of rotatable bonds is 0. The fourth-order valence-corrected chi connectivity index (χ4v) is 2.17. The second-order valence-electron chi connectivity index (χ2n) is 3.81. The molecule has 0 saturated heterocycles. The first-order valence-corrected chi connectivity index (χ1v) is 4.72. The molecule has 1 aliphatic rings. The van der Waals surface area contributed by atoms with Crippen molar-refractivity contribution in [1.29, 1.82) is 0 Å². The highest BCUT2D eigenvalue weighted by Crippen LogP contribution is 2.38. The topological polar surface area (TPSA) is 12.9 Å². The lowest BCUT2D eigenvalue weighted by Gasteiger charge is -2.11. The number of hydrogen-bond donors (Lipinski definition) is 0. The lowest BCUT2D eigenvalue weighted by Crippen LogP contribution is -2.00. The van der Waals surface area contributed by atoms with Gasteiger partial charge in [0.1, 0.15) is 6.17 Å². The van der Waals surface area contributed by atoms with Crippen LogP contribution in [0.3, 0.4) is 0 Å². The second kappa shape index (κ2) is 2.79. The van der Waals surface area contributed by atoms with Crippen LogP contribution in [0.15, 0.2) is 0 Å². The molecule has 0 aliphatic heterocycles. The van der Waals surface area contributed by atoms with Gasteiger partial charge in [0, 0.05) is 11.4 Å². The molecule has 0 radical (unpaired) electrons. The van der Waals surface area contributed by atoms with Crippen LogP contribution in [0.4, 0.5) is 4.39 Å². The van der Waals surface area contributed by atoms with E-state index in [2.05, 4.69) is 4.98 Å². The Morgan fingerprint density at radius 1 is 1.23 bits per heavy atom. The van der Waals surface area contributed by atoms with E-state index in [0.29, 0.717) is 6.42 Å². The molecule has 1 aliphatic carbocycles. The number of halogens is 1. The molecule has 13 heavy (non-hydrogen) atoms. The SMILES string of the molecule is Cc1nc(C)c2c(c1C)C(F)CC2. The van der Waals surface area contributed by atoms with Crippen molar-refractivity contribution < 1.29 is 4.39 Å². The average molecular weight is 179 g/mol. The fraction of sp³-hybridized carbons (Fsp3) is 0.545. The maximum Gasteiger partial charge on any atom is 0.126 e. The van der Waals surface area contributed by atoms with Crippen LogP contribution in [-0.2, 0) is 6.42 Å². The van der Waals surface area contributed by atoms with Crippen molar-refractivity contribution in [2.24, 2.45) is 0 Å². The maximum absolute atomic E-state index is 13.5. The monoisotopic (exact) mass is 179 g/mol. The summed E-state index contributed by atoms with van der Waals surface area (Å²) in [5.41, 5.74) is 5.10. The van der Waals surface area contributed by atoms with E-state index in [1.54, 1.807) is 0 Å². The van der Waals surface area contributed by atoms with Crippen LogP contribution in [0.5, 0.6) is 0 Å². The first-order chi connectivity index (χ1) is 6.11. The minimum atomic E-state index is -0.754. The molecule has 0 N–H and O–H groups in total. The van der Waals surface area contributed by atoms with Crippen LogP contribution in [0.25, 0.3) is 0 Å². The van der Waals surface area contributed by atoms with E-state index < -0.39 is 6.17 Å². The van der Waals surface area contributed by atoms with E-state index in [1.807, 2.05) is 20.8 Å². The first kappa shape index (κ1) is 8.67. The summed E-state index contributed by atoms with van der Waals surface area (Å²) < 4.78 is 13.5. The molecule has 1 heterocycles. The number of aromatic nitrogens is 1. The summed E-state index contributed by atoms with van der Waals surface area (Å²) in [4.78, 5) is 4.41. The Bertz CT molecular complexity index is 358. The van der Waals surface area contributed by atoms with Crippen molar-refractivity contribution >= 4 is 0 Å². The van der Waals surface area contributed by atoms with Gasteiger partial charge in [-0.1, -0.05) is 0 Å². The Labute approximate surface area is 78.0 Å². The van der Waals surface area contributed by atoms with Gasteiger partial charge in [-0.25, -0.2) is 4.39 Å². The van der Waals surface area contributed by atoms with Crippen LogP contribution in [-0.4, -0.2) is 4.98 Å². The number of aryl methyl sites for hydroxylation is 2. The predicted molar refractivity (Wildman–Crippen MR) is 50.6 cm³/mol. The van der Waals surface area contributed by atoms with Crippen molar-refractivity contribution in [2.75, 3.05) is 0 Å². The minimum Gasteiger partial charge on any atom is -0.258 e. The zero-order chi connectivity index (χ0) is 9.59. The normalized spacial score (nSPS) is 20.5. The van der Waals surface area contributed by atoms with Crippen molar-refractivity contribution in [2.45, 2.75) is 39.8 Å². The number of nitrogens with zero attached hydrogens (tertiary/aromatic N) is 1. The standard InChI is InChI=1S/C11H14FN/c1-6-7(2)13-8(3)9-4-5-10(12)11(6)9/h10H,4-5H2,1-3H3. The molecule has 2 heteroatoms. The summed E-state index contributed by atoms with van der Waals surface area (Å²) in [6.07, 6.45) is 0.744. The Morgan fingerprint density at radius 2 is 1.92 bits per heavy atom. The lowest BCUT2D eigenvalue weighted by molar-refractivity contribution is 0.342. The largest absolute Gasteiger partial charge is 0.258 e. The zero-order valence-corrected chi connectivity index (χ0v) is 8.32. The third-order valence-electron chi connectivity index (χ3n) is 3.00. The molecule has 0 aromatic carbocycles. The van der Waals surface area contributed by atoms with Crippen molar-refractivity contribution in [1.82, 2.24) is 4.98 Å². The van der Waals surface area contributed by atoms with Gasteiger partial charge in [-0.2, -0.15) is 0 Å². The van der Waals surface area contributed by atoms with Gasteiger partial charge in [0.15, 0.2) is 0 Å². The van der Waals surface area contributed by atoms with Gasteiger partial charge in [0.2, 0.25) is 0 Å². The van der Waals surface area contributed by atoms with Crippen LogP contribution in [0.2, 0.25) is 0 Å². The number of alkyl halides is 1. The van der Waals surface area contributed by atoms with Gasteiger partial charge < -0.3 is 0 Å². The predicted octanol–water partition coefficient (Wildman–Crippen LogP) is 2.96. The van der Waals surface area contributed by atoms with E-state index in [4.69, 9.17) is 0 Å². The molecular formula is C11H14FN. The fourth-order valence-electron chi connectivity index (χ4n) is 2.17. The Kier molecular flexibility index (Phi) is 1.86. The third-order valence-corrected chi connectivity index (χ3v) is 3.00. The van der Waals surface area contributed by atoms with Crippen molar-refractivity contribution in [3.8, 4) is 0 Å². The Balaban J connectivity index is 2.70. The molecule has 1 unspecified atom stereocenters. The summed E-state index contributed by atoms with van der Waals surface area (Å²) in [7, 11) is 0. The molecule has 70 valence electrons. The maximum atomic E-state index is 13.5. The second-order valence-corrected chi connectivity index (χ2v) is 3.81. The van der Waals surface area contributed by atoms with Gasteiger partial charge >= 0.3 is 0 Å². The first-order valence-electron chi connectivity index (χ1n) is 4.72. The van der Waals surface area contributed by atoms with Gasteiger partial charge in [0.05, 0.1) is 0 Å². The van der Waals surface area contributed by atoms with Crippen molar-refractivity contribution in [3.05, 3.63) is 28.1 Å². The average Bonchev–Trinajstić information content (AvgIpc) is 2.44.